The molecule has 0 bridgehead atoms. The third-order valence-corrected chi connectivity index (χ3v) is 4.86. The minimum Gasteiger partial charge on any atom is -0.357 e. The molecule has 0 unspecified atom stereocenters. The molecule has 1 heterocycles. The zero-order valence-electron chi connectivity index (χ0n) is 11.7. The van der Waals surface area contributed by atoms with E-state index >= 15 is 0 Å². The third-order valence-electron chi connectivity index (χ3n) is 3.40. The Morgan fingerprint density at radius 3 is 2.57 bits per heavy atom. The summed E-state index contributed by atoms with van der Waals surface area (Å²) in [5, 5.41) is 1.65. The lowest BCUT2D eigenvalue weighted by Gasteiger charge is -2.09. The molecule has 0 saturated carbocycles. The number of nitrogens with zero attached hydrogens (tertiary/aromatic N) is 1. The Bertz CT molecular complexity index is 877. The van der Waals surface area contributed by atoms with Crippen LogP contribution in [0.3, 0.4) is 0 Å². The Hall–Kier alpha value is -2.11. The Labute approximate surface area is 124 Å². The molecule has 0 spiro atoms. The minimum absolute atomic E-state index is 0.284. The lowest BCUT2D eigenvalue weighted by atomic mass is 10.1. The summed E-state index contributed by atoms with van der Waals surface area (Å²) in [5.41, 5.74) is 0.932. The number of aryl methyl sites for hydroxylation is 1. The number of fused-ring (bicyclic) bond motifs is 1. The summed E-state index contributed by atoms with van der Waals surface area (Å²) in [6.07, 6.45) is 3.78. The number of nitrogens with one attached hydrogen (secondary N) is 1. The fraction of sp³-hybridized carbons (Fsp3) is 0.125. The van der Waals surface area contributed by atoms with Gasteiger partial charge in [-0.15, -0.1) is 0 Å². The van der Waals surface area contributed by atoms with Crippen LogP contribution in [0.25, 0.3) is 10.8 Å². The van der Waals surface area contributed by atoms with Gasteiger partial charge in [0.15, 0.2) is 0 Å². The van der Waals surface area contributed by atoms with Crippen LogP contribution in [0.1, 0.15) is 5.56 Å². The SMILES string of the molecule is Cn1ccc(CNS(=O)(=O)c2cccc3ccccc23)c1. The van der Waals surface area contributed by atoms with Crippen LogP contribution in [0.2, 0.25) is 0 Å². The first kappa shape index (κ1) is 13.9. The van der Waals surface area contributed by atoms with Crippen molar-refractivity contribution in [1.29, 1.82) is 0 Å². The molecule has 5 heteroatoms. The molecule has 3 aromatic rings. The van der Waals surface area contributed by atoms with Gasteiger partial charge in [-0.1, -0.05) is 36.4 Å². The first-order chi connectivity index (χ1) is 10.1. The van der Waals surface area contributed by atoms with Gasteiger partial charge in [-0.25, -0.2) is 13.1 Å². The van der Waals surface area contributed by atoms with Crippen LogP contribution >= 0.6 is 0 Å². The molecular formula is C16H16N2O2S. The highest BCUT2D eigenvalue weighted by atomic mass is 32.2. The third kappa shape index (κ3) is 2.84. The van der Waals surface area contributed by atoms with Gasteiger partial charge in [0.1, 0.15) is 0 Å². The molecular weight excluding hydrogens is 284 g/mol. The normalized spacial score (nSPS) is 11.9. The van der Waals surface area contributed by atoms with Gasteiger partial charge in [0, 0.05) is 31.4 Å². The number of sulfonamides is 1. The van der Waals surface area contributed by atoms with Gasteiger partial charge in [-0.3, -0.25) is 0 Å². The maximum Gasteiger partial charge on any atom is 0.241 e. The maximum absolute atomic E-state index is 12.5. The van der Waals surface area contributed by atoms with Crippen molar-refractivity contribution in [1.82, 2.24) is 9.29 Å². The van der Waals surface area contributed by atoms with E-state index in [9.17, 15) is 8.42 Å². The summed E-state index contributed by atoms with van der Waals surface area (Å²) in [6.45, 7) is 0.284. The van der Waals surface area contributed by atoms with Gasteiger partial charge in [0.05, 0.1) is 4.90 Å². The van der Waals surface area contributed by atoms with Crippen LogP contribution in [0.15, 0.2) is 65.8 Å². The quantitative estimate of drug-likeness (QED) is 0.805. The average molecular weight is 300 g/mol. The van der Waals surface area contributed by atoms with Gasteiger partial charge in [0.2, 0.25) is 10.0 Å². The summed E-state index contributed by atoms with van der Waals surface area (Å²) in [6, 6.07) is 14.7. The number of aromatic nitrogens is 1. The molecule has 0 aliphatic carbocycles. The first-order valence-electron chi connectivity index (χ1n) is 6.64. The Balaban J connectivity index is 1.93. The second kappa shape index (κ2) is 5.35. The second-order valence-electron chi connectivity index (χ2n) is 4.99. The van der Waals surface area contributed by atoms with Crippen molar-refractivity contribution >= 4 is 20.8 Å². The molecule has 0 atom stereocenters. The van der Waals surface area contributed by atoms with Crippen molar-refractivity contribution in [2.45, 2.75) is 11.4 Å². The average Bonchev–Trinajstić information content (AvgIpc) is 2.90. The zero-order valence-corrected chi connectivity index (χ0v) is 12.5. The van der Waals surface area contributed by atoms with Gasteiger partial charge in [-0.05, 0) is 23.1 Å². The van der Waals surface area contributed by atoms with Crippen LogP contribution in [0, 0.1) is 0 Å². The van der Waals surface area contributed by atoms with Crippen LogP contribution in [-0.4, -0.2) is 13.0 Å². The van der Waals surface area contributed by atoms with E-state index in [1.165, 1.54) is 0 Å². The van der Waals surface area contributed by atoms with Crippen molar-refractivity contribution in [3.8, 4) is 0 Å². The van der Waals surface area contributed by atoms with Crippen molar-refractivity contribution in [3.05, 3.63) is 66.5 Å². The van der Waals surface area contributed by atoms with Gasteiger partial charge >= 0.3 is 0 Å². The van der Waals surface area contributed by atoms with Crippen molar-refractivity contribution in [2.75, 3.05) is 0 Å². The Morgan fingerprint density at radius 2 is 1.81 bits per heavy atom. The molecule has 2 aromatic carbocycles. The van der Waals surface area contributed by atoms with Crippen LogP contribution in [0.5, 0.6) is 0 Å². The highest BCUT2D eigenvalue weighted by molar-refractivity contribution is 7.89. The van der Waals surface area contributed by atoms with E-state index in [-0.39, 0.29) is 6.54 Å². The van der Waals surface area contributed by atoms with Gasteiger partial charge in [-0.2, -0.15) is 0 Å². The van der Waals surface area contributed by atoms with Crippen molar-refractivity contribution in [3.63, 3.8) is 0 Å². The number of benzene rings is 2. The molecule has 1 aromatic heterocycles. The summed E-state index contributed by atoms with van der Waals surface area (Å²) >= 11 is 0. The minimum atomic E-state index is -3.54. The largest absolute Gasteiger partial charge is 0.357 e. The topological polar surface area (TPSA) is 51.1 Å². The zero-order chi connectivity index (χ0) is 14.9. The number of hydrogen-bond acceptors (Lipinski definition) is 2. The number of rotatable bonds is 4. The molecule has 0 aliphatic rings. The summed E-state index contributed by atoms with van der Waals surface area (Å²) in [7, 11) is -1.63. The Morgan fingerprint density at radius 1 is 1.05 bits per heavy atom. The molecule has 1 N–H and O–H groups in total. The van der Waals surface area contributed by atoms with Gasteiger partial charge in [0.25, 0.3) is 0 Å². The van der Waals surface area contributed by atoms with Crippen LogP contribution in [-0.2, 0) is 23.6 Å². The molecule has 0 amide bonds. The van der Waals surface area contributed by atoms with E-state index in [4.69, 9.17) is 0 Å². The molecule has 0 radical (unpaired) electrons. The molecule has 21 heavy (non-hydrogen) atoms. The number of hydrogen-bond donors (Lipinski definition) is 1. The van der Waals surface area contributed by atoms with E-state index < -0.39 is 10.0 Å². The molecule has 0 aliphatic heterocycles. The maximum atomic E-state index is 12.5. The first-order valence-corrected chi connectivity index (χ1v) is 8.13. The molecule has 4 nitrogen and oxygen atoms in total. The molecule has 108 valence electrons. The Kier molecular flexibility index (Phi) is 3.53. The fourth-order valence-electron chi connectivity index (χ4n) is 2.35. The fourth-order valence-corrected chi connectivity index (χ4v) is 3.60. The molecule has 0 saturated heterocycles. The van der Waals surface area contributed by atoms with E-state index in [2.05, 4.69) is 4.72 Å². The van der Waals surface area contributed by atoms with E-state index in [1.54, 1.807) is 12.1 Å². The smallest absolute Gasteiger partial charge is 0.241 e. The molecule has 3 rings (SSSR count). The monoisotopic (exact) mass is 300 g/mol. The lowest BCUT2D eigenvalue weighted by Crippen LogP contribution is -2.23. The van der Waals surface area contributed by atoms with Crippen LogP contribution in [0.4, 0.5) is 0 Å². The predicted molar refractivity (Wildman–Crippen MR) is 83.4 cm³/mol. The van der Waals surface area contributed by atoms with Crippen molar-refractivity contribution < 1.29 is 8.42 Å². The van der Waals surface area contributed by atoms with E-state index in [1.807, 2.05) is 60.4 Å². The highest BCUT2D eigenvalue weighted by Gasteiger charge is 2.16. The van der Waals surface area contributed by atoms with E-state index in [0.29, 0.717) is 4.90 Å². The standard InChI is InChI=1S/C16H16N2O2S/c1-18-10-9-13(12-18)11-17-21(19,20)16-8-4-6-14-5-2-3-7-15(14)16/h2-10,12,17H,11H2,1H3. The summed E-state index contributed by atoms with van der Waals surface area (Å²) < 4.78 is 29.6. The van der Waals surface area contributed by atoms with Crippen molar-refractivity contribution in [2.24, 2.45) is 7.05 Å². The van der Waals surface area contributed by atoms with Gasteiger partial charge < -0.3 is 4.57 Å². The lowest BCUT2D eigenvalue weighted by molar-refractivity contribution is 0.582. The van der Waals surface area contributed by atoms with E-state index in [0.717, 1.165) is 16.3 Å². The second-order valence-corrected chi connectivity index (χ2v) is 6.72. The predicted octanol–water partition coefficient (Wildman–Crippen LogP) is 2.66. The summed E-state index contributed by atoms with van der Waals surface area (Å²) in [4.78, 5) is 0.316. The summed E-state index contributed by atoms with van der Waals surface area (Å²) in [5.74, 6) is 0. The highest BCUT2D eigenvalue weighted by Crippen LogP contribution is 2.22. The molecule has 0 fully saturated rings. The van der Waals surface area contributed by atoms with Crippen LogP contribution < -0.4 is 4.72 Å².